The zero-order valence-corrected chi connectivity index (χ0v) is 12.4. The fraction of sp³-hybridized carbons (Fsp3) is 0.857. The molecule has 0 spiro atoms. The van der Waals surface area contributed by atoms with Crippen molar-refractivity contribution in [3.8, 4) is 0 Å². The molecule has 3 N–H and O–H groups in total. The first-order valence-corrected chi connectivity index (χ1v) is 7.14. The summed E-state index contributed by atoms with van der Waals surface area (Å²) in [7, 11) is 0. The van der Waals surface area contributed by atoms with E-state index in [9.17, 15) is 9.59 Å². The van der Waals surface area contributed by atoms with Crippen LogP contribution in [0.5, 0.6) is 0 Å². The summed E-state index contributed by atoms with van der Waals surface area (Å²) in [5.74, 6) is 0.193. The van der Waals surface area contributed by atoms with Gasteiger partial charge in [0.2, 0.25) is 11.8 Å². The van der Waals surface area contributed by atoms with Gasteiger partial charge in [-0.25, -0.2) is 0 Å². The number of carbonyl (C=O) groups excluding carboxylic acids is 2. The number of rotatable bonds is 5. The fourth-order valence-corrected chi connectivity index (χ4v) is 2.26. The van der Waals surface area contributed by atoms with Crippen molar-refractivity contribution in [1.82, 2.24) is 10.2 Å². The van der Waals surface area contributed by atoms with Crippen molar-refractivity contribution in [2.24, 2.45) is 11.1 Å². The van der Waals surface area contributed by atoms with E-state index in [4.69, 9.17) is 5.73 Å². The topological polar surface area (TPSA) is 75.4 Å². The first kappa shape index (κ1) is 16.0. The van der Waals surface area contributed by atoms with Gasteiger partial charge in [0.05, 0.1) is 0 Å². The van der Waals surface area contributed by atoms with Gasteiger partial charge in [0.1, 0.15) is 0 Å². The van der Waals surface area contributed by atoms with Gasteiger partial charge in [0.25, 0.3) is 0 Å². The standard InChI is InChI=1S/C14H27N3O2/c1-14(2,3)13(19)16-8-4-7-12(18)17-9-5-6-11(17)10-15/h11H,4-10,15H2,1-3H3,(H,16,19). The molecule has 5 nitrogen and oxygen atoms in total. The third-order valence-corrected chi connectivity index (χ3v) is 3.50. The minimum absolute atomic E-state index is 0.0287. The summed E-state index contributed by atoms with van der Waals surface area (Å²) in [6.45, 7) is 7.57. The second-order valence-corrected chi connectivity index (χ2v) is 6.23. The zero-order chi connectivity index (χ0) is 14.5. The van der Waals surface area contributed by atoms with Crippen molar-refractivity contribution in [2.75, 3.05) is 19.6 Å². The number of amides is 2. The zero-order valence-electron chi connectivity index (χ0n) is 12.4. The molecule has 0 aliphatic carbocycles. The van der Waals surface area contributed by atoms with Gasteiger partial charge in [-0.05, 0) is 19.3 Å². The maximum atomic E-state index is 12.0. The summed E-state index contributed by atoms with van der Waals surface area (Å²) in [6, 6.07) is 0.219. The van der Waals surface area contributed by atoms with Crippen LogP contribution in [0.2, 0.25) is 0 Å². The van der Waals surface area contributed by atoms with Crippen molar-refractivity contribution in [2.45, 2.75) is 52.5 Å². The molecule has 1 unspecified atom stereocenters. The van der Waals surface area contributed by atoms with E-state index in [0.717, 1.165) is 19.4 Å². The summed E-state index contributed by atoms with van der Waals surface area (Å²) >= 11 is 0. The van der Waals surface area contributed by atoms with Crippen LogP contribution in [-0.4, -0.2) is 42.4 Å². The Morgan fingerprint density at radius 2 is 2.05 bits per heavy atom. The number of likely N-dealkylation sites (tertiary alicyclic amines) is 1. The summed E-state index contributed by atoms with van der Waals surface area (Å²) < 4.78 is 0. The van der Waals surface area contributed by atoms with Crippen molar-refractivity contribution in [1.29, 1.82) is 0 Å². The Hall–Kier alpha value is -1.10. The predicted octanol–water partition coefficient (Wildman–Crippen LogP) is 0.879. The molecule has 1 aliphatic rings. The van der Waals surface area contributed by atoms with Crippen LogP contribution in [0.25, 0.3) is 0 Å². The molecule has 0 saturated carbocycles. The highest BCUT2D eigenvalue weighted by Gasteiger charge is 2.27. The highest BCUT2D eigenvalue weighted by atomic mass is 16.2. The normalized spacial score (nSPS) is 19.6. The molecule has 1 saturated heterocycles. The van der Waals surface area contributed by atoms with E-state index in [2.05, 4.69) is 5.32 Å². The van der Waals surface area contributed by atoms with Gasteiger partial charge in [-0.3, -0.25) is 9.59 Å². The van der Waals surface area contributed by atoms with Gasteiger partial charge in [-0.1, -0.05) is 20.8 Å². The monoisotopic (exact) mass is 269 g/mol. The molecule has 1 fully saturated rings. The molecular formula is C14H27N3O2. The Kier molecular flexibility index (Phi) is 5.79. The number of nitrogens with one attached hydrogen (secondary N) is 1. The second-order valence-electron chi connectivity index (χ2n) is 6.23. The lowest BCUT2D eigenvalue weighted by Gasteiger charge is -2.23. The maximum Gasteiger partial charge on any atom is 0.225 e. The Morgan fingerprint density at radius 3 is 2.63 bits per heavy atom. The molecule has 0 aromatic rings. The van der Waals surface area contributed by atoms with Gasteiger partial charge < -0.3 is 16.0 Å². The summed E-state index contributed by atoms with van der Waals surface area (Å²) in [4.78, 5) is 25.5. The lowest BCUT2D eigenvalue weighted by atomic mass is 9.96. The molecule has 0 radical (unpaired) electrons. The molecule has 0 aromatic heterocycles. The quantitative estimate of drug-likeness (QED) is 0.727. The van der Waals surface area contributed by atoms with E-state index < -0.39 is 0 Å². The SMILES string of the molecule is CC(C)(C)C(=O)NCCCC(=O)N1CCCC1CN. The second kappa shape index (κ2) is 6.89. The van der Waals surface area contributed by atoms with Gasteiger partial charge >= 0.3 is 0 Å². The van der Waals surface area contributed by atoms with E-state index in [1.807, 2.05) is 25.7 Å². The third-order valence-electron chi connectivity index (χ3n) is 3.50. The van der Waals surface area contributed by atoms with E-state index in [1.165, 1.54) is 0 Å². The molecule has 2 amide bonds. The Morgan fingerprint density at radius 1 is 1.37 bits per heavy atom. The average Bonchev–Trinajstić information content (AvgIpc) is 2.81. The van der Waals surface area contributed by atoms with Crippen molar-refractivity contribution in [3.63, 3.8) is 0 Å². The summed E-state index contributed by atoms with van der Waals surface area (Å²) in [5.41, 5.74) is 5.28. The van der Waals surface area contributed by atoms with Crippen LogP contribution in [0.1, 0.15) is 46.5 Å². The Bertz CT molecular complexity index is 323. The minimum atomic E-state index is -0.371. The van der Waals surface area contributed by atoms with Crippen LogP contribution in [-0.2, 0) is 9.59 Å². The van der Waals surface area contributed by atoms with Crippen molar-refractivity contribution < 1.29 is 9.59 Å². The van der Waals surface area contributed by atoms with Crippen LogP contribution < -0.4 is 11.1 Å². The Balaban J connectivity index is 2.23. The van der Waals surface area contributed by atoms with Gasteiger partial charge in [-0.15, -0.1) is 0 Å². The number of hydrogen-bond acceptors (Lipinski definition) is 3. The number of nitrogens with two attached hydrogens (primary N) is 1. The van der Waals surface area contributed by atoms with Crippen LogP contribution in [0, 0.1) is 5.41 Å². The van der Waals surface area contributed by atoms with Crippen LogP contribution in [0.3, 0.4) is 0 Å². The molecule has 1 heterocycles. The summed E-state index contributed by atoms with van der Waals surface area (Å²) in [5, 5.41) is 2.86. The van der Waals surface area contributed by atoms with E-state index >= 15 is 0 Å². The van der Waals surface area contributed by atoms with E-state index in [0.29, 0.717) is 25.9 Å². The molecule has 5 heteroatoms. The van der Waals surface area contributed by atoms with E-state index in [-0.39, 0.29) is 23.3 Å². The highest BCUT2D eigenvalue weighted by Crippen LogP contribution is 2.17. The maximum absolute atomic E-state index is 12.0. The van der Waals surface area contributed by atoms with Crippen molar-refractivity contribution >= 4 is 11.8 Å². The summed E-state index contributed by atoms with van der Waals surface area (Å²) in [6.07, 6.45) is 3.24. The van der Waals surface area contributed by atoms with E-state index in [1.54, 1.807) is 0 Å². The molecule has 110 valence electrons. The third kappa shape index (κ3) is 4.82. The number of carbonyl (C=O) groups is 2. The molecular weight excluding hydrogens is 242 g/mol. The number of hydrogen-bond donors (Lipinski definition) is 2. The first-order valence-electron chi connectivity index (χ1n) is 7.14. The van der Waals surface area contributed by atoms with Crippen LogP contribution >= 0.6 is 0 Å². The largest absolute Gasteiger partial charge is 0.356 e. The fourth-order valence-electron chi connectivity index (χ4n) is 2.26. The Labute approximate surface area is 115 Å². The molecule has 0 bridgehead atoms. The van der Waals surface area contributed by atoms with Crippen LogP contribution in [0.15, 0.2) is 0 Å². The smallest absolute Gasteiger partial charge is 0.225 e. The molecule has 1 aliphatic heterocycles. The first-order chi connectivity index (χ1) is 8.86. The number of nitrogens with zero attached hydrogens (tertiary/aromatic N) is 1. The highest BCUT2D eigenvalue weighted by molar-refractivity contribution is 5.81. The van der Waals surface area contributed by atoms with Crippen LogP contribution in [0.4, 0.5) is 0 Å². The van der Waals surface area contributed by atoms with Crippen molar-refractivity contribution in [3.05, 3.63) is 0 Å². The molecule has 1 rings (SSSR count). The minimum Gasteiger partial charge on any atom is -0.356 e. The molecule has 1 atom stereocenters. The predicted molar refractivity (Wildman–Crippen MR) is 75.5 cm³/mol. The molecule has 19 heavy (non-hydrogen) atoms. The average molecular weight is 269 g/mol. The molecule has 0 aromatic carbocycles. The van der Waals surface area contributed by atoms with Gasteiger partial charge in [0.15, 0.2) is 0 Å². The van der Waals surface area contributed by atoms with Gasteiger partial charge in [-0.2, -0.15) is 0 Å². The lowest BCUT2D eigenvalue weighted by Crippen LogP contribution is -2.40. The lowest BCUT2D eigenvalue weighted by molar-refractivity contribution is -0.132. The van der Waals surface area contributed by atoms with Gasteiger partial charge in [0, 0.05) is 37.5 Å².